The van der Waals surface area contributed by atoms with Gasteiger partial charge in [0.2, 0.25) is 0 Å². The Kier molecular flexibility index (Phi) is 2.99. The normalized spacial score (nSPS) is 12.8. The summed E-state index contributed by atoms with van der Waals surface area (Å²) in [7, 11) is 1.62. The van der Waals surface area contributed by atoms with Gasteiger partial charge in [-0.15, -0.1) is 0 Å². The Hall–Kier alpha value is -1.16. The fourth-order valence-corrected chi connectivity index (χ4v) is 0.965. The molecule has 0 bridgehead atoms. The van der Waals surface area contributed by atoms with Crippen molar-refractivity contribution in [3.05, 3.63) is 28.4 Å². The number of aromatic nitrogens is 2. The second kappa shape index (κ2) is 4.01. The van der Waals surface area contributed by atoms with Crippen molar-refractivity contribution in [3.8, 4) is 0 Å². The van der Waals surface area contributed by atoms with Gasteiger partial charge >= 0.3 is 0 Å². The van der Waals surface area contributed by atoms with E-state index in [1.165, 1.54) is 12.3 Å². The molecule has 0 amide bonds. The molecule has 1 unspecified atom stereocenters. The van der Waals surface area contributed by atoms with Gasteiger partial charge in [-0.25, -0.2) is 4.98 Å². The zero-order valence-corrected chi connectivity index (χ0v) is 7.20. The van der Waals surface area contributed by atoms with Gasteiger partial charge in [0.25, 0.3) is 5.56 Å². The van der Waals surface area contributed by atoms with E-state index >= 15 is 0 Å². The molecule has 4 heteroatoms. The quantitative estimate of drug-likeness (QED) is 0.715. The number of H-pyrrole nitrogens is 1. The number of nitrogens with one attached hydrogen (secondary N) is 1. The first-order valence-electron chi connectivity index (χ1n) is 3.78. The highest BCUT2D eigenvalue weighted by Gasteiger charge is 2.06. The van der Waals surface area contributed by atoms with Crippen molar-refractivity contribution in [1.82, 2.24) is 9.97 Å². The Morgan fingerprint density at radius 3 is 3.08 bits per heavy atom. The van der Waals surface area contributed by atoms with Crippen LogP contribution in [0.15, 0.2) is 17.1 Å². The zero-order chi connectivity index (χ0) is 8.97. The Bertz CT molecular complexity index is 295. The van der Waals surface area contributed by atoms with Gasteiger partial charge < -0.3 is 9.72 Å². The minimum absolute atomic E-state index is 0.122. The van der Waals surface area contributed by atoms with Gasteiger partial charge in [-0.05, 0) is 0 Å². The first-order valence-corrected chi connectivity index (χ1v) is 3.78. The summed E-state index contributed by atoms with van der Waals surface area (Å²) < 4.78 is 4.94. The summed E-state index contributed by atoms with van der Waals surface area (Å²) >= 11 is 0. The van der Waals surface area contributed by atoms with Gasteiger partial charge in [-0.2, -0.15) is 0 Å². The summed E-state index contributed by atoms with van der Waals surface area (Å²) in [5.74, 6) is 0.799. The number of aromatic amines is 1. The monoisotopic (exact) mass is 168 g/mol. The number of hydrogen-bond acceptors (Lipinski definition) is 3. The maximum atomic E-state index is 10.9. The van der Waals surface area contributed by atoms with Crippen molar-refractivity contribution in [3.63, 3.8) is 0 Å². The third-order valence-electron chi connectivity index (χ3n) is 1.57. The lowest BCUT2D eigenvalue weighted by Gasteiger charge is -2.07. The van der Waals surface area contributed by atoms with Crippen LogP contribution < -0.4 is 5.56 Å². The lowest BCUT2D eigenvalue weighted by Crippen LogP contribution is -2.13. The molecule has 0 fully saturated rings. The van der Waals surface area contributed by atoms with Crippen molar-refractivity contribution >= 4 is 0 Å². The molecule has 0 aliphatic heterocycles. The predicted molar refractivity (Wildman–Crippen MR) is 45.1 cm³/mol. The highest BCUT2D eigenvalue weighted by atomic mass is 16.5. The fourth-order valence-electron chi connectivity index (χ4n) is 0.965. The number of methoxy groups -OCH3 is 1. The van der Waals surface area contributed by atoms with Gasteiger partial charge in [0.15, 0.2) is 0 Å². The molecule has 1 aromatic heterocycles. The van der Waals surface area contributed by atoms with Crippen molar-refractivity contribution in [2.45, 2.75) is 12.8 Å². The topological polar surface area (TPSA) is 55.0 Å². The van der Waals surface area contributed by atoms with E-state index in [9.17, 15) is 4.79 Å². The SMILES string of the molecule is COCC(C)c1nccc(=O)[nH]1. The van der Waals surface area contributed by atoms with Crippen molar-refractivity contribution in [2.24, 2.45) is 0 Å². The van der Waals surface area contributed by atoms with Crippen molar-refractivity contribution in [1.29, 1.82) is 0 Å². The molecule has 66 valence electrons. The van der Waals surface area contributed by atoms with Crippen LogP contribution in [0.3, 0.4) is 0 Å². The molecule has 0 saturated heterocycles. The van der Waals surface area contributed by atoms with Crippen LogP contribution in [0, 0.1) is 0 Å². The molecule has 0 saturated carbocycles. The minimum Gasteiger partial charge on any atom is -0.384 e. The van der Waals surface area contributed by atoms with E-state index in [0.717, 1.165) is 0 Å². The predicted octanol–water partition coefficient (Wildman–Crippen LogP) is 0.520. The Labute approximate surface area is 70.6 Å². The molecular weight excluding hydrogens is 156 g/mol. The van der Waals surface area contributed by atoms with Gasteiger partial charge in [0, 0.05) is 25.3 Å². The summed E-state index contributed by atoms with van der Waals surface area (Å²) in [6.07, 6.45) is 1.50. The van der Waals surface area contributed by atoms with E-state index in [1.807, 2.05) is 6.92 Å². The standard InChI is InChI=1S/C8H12N2O2/c1-6(5-12-2)8-9-4-3-7(11)10-8/h3-4,6H,5H2,1-2H3,(H,9,10,11). The molecule has 1 rings (SSSR count). The van der Waals surface area contributed by atoms with Crippen molar-refractivity contribution in [2.75, 3.05) is 13.7 Å². The molecule has 4 nitrogen and oxygen atoms in total. The first-order chi connectivity index (χ1) is 5.74. The fraction of sp³-hybridized carbons (Fsp3) is 0.500. The van der Waals surface area contributed by atoms with E-state index < -0.39 is 0 Å². The number of rotatable bonds is 3. The lowest BCUT2D eigenvalue weighted by atomic mass is 10.2. The van der Waals surface area contributed by atoms with E-state index in [1.54, 1.807) is 7.11 Å². The second-order valence-corrected chi connectivity index (χ2v) is 2.68. The first kappa shape index (κ1) is 8.93. The van der Waals surface area contributed by atoms with E-state index in [4.69, 9.17) is 4.74 Å². The van der Waals surface area contributed by atoms with Crippen LogP contribution in [0.4, 0.5) is 0 Å². The molecule has 0 aliphatic carbocycles. The molecule has 0 radical (unpaired) electrons. The zero-order valence-electron chi connectivity index (χ0n) is 7.20. The van der Waals surface area contributed by atoms with E-state index in [2.05, 4.69) is 9.97 Å². The lowest BCUT2D eigenvalue weighted by molar-refractivity contribution is 0.181. The van der Waals surface area contributed by atoms with Gasteiger partial charge in [0.1, 0.15) is 5.82 Å². The third kappa shape index (κ3) is 2.17. The Morgan fingerprint density at radius 2 is 2.50 bits per heavy atom. The molecule has 12 heavy (non-hydrogen) atoms. The van der Waals surface area contributed by atoms with Crippen LogP contribution in [0.2, 0.25) is 0 Å². The second-order valence-electron chi connectivity index (χ2n) is 2.68. The largest absolute Gasteiger partial charge is 0.384 e. The van der Waals surface area contributed by atoms with Crippen LogP contribution in [0.25, 0.3) is 0 Å². The summed E-state index contributed by atoms with van der Waals surface area (Å²) in [6, 6.07) is 1.39. The van der Waals surface area contributed by atoms with E-state index in [-0.39, 0.29) is 11.5 Å². The summed E-state index contributed by atoms with van der Waals surface area (Å²) in [6.45, 7) is 2.51. The molecule has 0 aliphatic rings. The Morgan fingerprint density at radius 1 is 1.75 bits per heavy atom. The average molecular weight is 168 g/mol. The van der Waals surface area contributed by atoms with Crippen LogP contribution in [-0.4, -0.2) is 23.7 Å². The number of ether oxygens (including phenoxy) is 1. The number of hydrogen-bond donors (Lipinski definition) is 1. The molecule has 0 spiro atoms. The molecule has 1 atom stereocenters. The molecule has 1 aromatic rings. The van der Waals surface area contributed by atoms with Gasteiger partial charge in [-0.3, -0.25) is 4.79 Å². The maximum Gasteiger partial charge on any atom is 0.250 e. The highest BCUT2D eigenvalue weighted by Crippen LogP contribution is 2.06. The van der Waals surface area contributed by atoms with Crippen LogP contribution in [0.1, 0.15) is 18.7 Å². The summed E-state index contributed by atoms with van der Waals surface area (Å²) in [5.41, 5.74) is -0.122. The molecule has 1 heterocycles. The van der Waals surface area contributed by atoms with E-state index in [0.29, 0.717) is 12.4 Å². The summed E-state index contributed by atoms with van der Waals surface area (Å²) in [4.78, 5) is 17.5. The van der Waals surface area contributed by atoms with Crippen molar-refractivity contribution < 1.29 is 4.74 Å². The highest BCUT2D eigenvalue weighted by molar-refractivity contribution is 4.95. The van der Waals surface area contributed by atoms with Gasteiger partial charge in [0.05, 0.1) is 6.61 Å². The maximum absolute atomic E-state index is 10.9. The smallest absolute Gasteiger partial charge is 0.250 e. The molecule has 1 N–H and O–H groups in total. The van der Waals surface area contributed by atoms with Gasteiger partial charge in [-0.1, -0.05) is 6.92 Å². The minimum atomic E-state index is -0.122. The van der Waals surface area contributed by atoms with Crippen LogP contribution in [0.5, 0.6) is 0 Å². The Balaban J connectivity index is 2.80. The molecule has 0 aromatic carbocycles. The molecular formula is C8H12N2O2. The summed E-state index contributed by atoms with van der Waals surface area (Å²) in [5, 5.41) is 0. The van der Waals surface area contributed by atoms with Crippen LogP contribution >= 0.6 is 0 Å². The number of nitrogens with zero attached hydrogens (tertiary/aromatic N) is 1. The third-order valence-corrected chi connectivity index (χ3v) is 1.57. The average Bonchev–Trinajstić information content (AvgIpc) is 2.05. The van der Waals surface area contributed by atoms with Crippen LogP contribution in [-0.2, 0) is 4.74 Å².